The van der Waals surface area contributed by atoms with Gasteiger partial charge in [-0.2, -0.15) is 0 Å². The van der Waals surface area contributed by atoms with E-state index in [4.69, 9.17) is 5.73 Å². The van der Waals surface area contributed by atoms with E-state index in [9.17, 15) is 5.11 Å². The van der Waals surface area contributed by atoms with Gasteiger partial charge in [0.1, 0.15) is 5.60 Å². The zero-order valence-electron chi connectivity index (χ0n) is 11.5. The van der Waals surface area contributed by atoms with Crippen LogP contribution in [0.25, 0.3) is 0 Å². The summed E-state index contributed by atoms with van der Waals surface area (Å²) >= 11 is 0. The summed E-state index contributed by atoms with van der Waals surface area (Å²) in [5.74, 6) is 0. The van der Waals surface area contributed by atoms with Crippen molar-refractivity contribution in [2.24, 2.45) is 0 Å². The third-order valence-corrected chi connectivity index (χ3v) is 4.65. The van der Waals surface area contributed by atoms with E-state index in [1.165, 1.54) is 36.8 Å². The molecule has 0 heterocycles. The molecule has 2 heteroatoms. The van der Waals surface area contributed by atoms with E-state index >= 15 is 0 Å². The molecule has 0 spiro atoms. The minimum absolute atomic E-state index is 0.722. The predicted octanol–water partition coefficient (Wildman–Crippen LogP) is 3.68. The van der Waals surface area contributed by atoms with Gasteiger partial charge < -0.3 is 10.8 Å². The molecule has 3 N–H and O–H groups in total. The van der Waals surface area contributed by atoms with Gasteiger partial charge in [0.15, 0.2) is 0 Å². The van der Waals surface area contributed by atoms with E-state index in [2.05, 4.69) is 6.08 Å². The molecule has 0 saturated carbocycles. The quantitative estimate of drug-likeness (QED) is 0.595. The molecule has 1 atom stereocenters. The zero-order chi connectivity index (χ0) is 13.3. The second kappa shape index (κ2) is 5.01. The van der Waals surface area contributed by atoms with Crippen LogP contribution in [-0.2, 0) is 12.0 Å². The maximum absolute atomic E-state index is 11.2. The van der Waals surface area contributed by atoms with Crippen molar-refractivity contribution in [3.8, 4) is 0 Å². The molecule has 19 heavy (non-hydrogen) atoms. The zero-order valence-corrected chi connectivity index (χ0v) is 11.5. The normalized spacial score (nSPS) is 30.1. The monoisotopic (exact) mass is 257 g/mol. The van der Waals surface area contributed by atoms with Crippen molar-refractivity contribution in [3.63, 3.8) is 0 Å². The number of nitrogen functional groups attached to an aromatic ring is 1. The van der Waals surface area contributed by atoms with E-state index in [0.717, 1.165) is 36.9 Å². The maximum Gasteiger partial charge on any atom is 0.111 e. The molecule has 0 aromatic heterocycles. The lowest BCUT2D eigenvalue weighted by Crippen LogP contribution is -2.25. The van der Waals surface area contributed by atoms with Crippen molar-refractivity contribution < 1.29 is 5.11 Å². The highest BCUT2D eigenvalue weighted by molar-refractivity contribution is 5.51. The molecule has 0 fully saturated rings. The number of benzene rings is 1. The molecule has 2 aliphatic carbocycles. The fraction of sp³-hybridized carbons (Fsp3) is 0.529. The topological polar surface area (TPSA) is 46.2 Å². The van der Waals surface area contributed by atoms with Gasteiger partial charge in [0.25, 0.3) is 0 Å². The van der Waals surface area contributed by atoms with Gasteiger partial charge in [-0.3, -0.25) is 0 Å². The third kappa shape index (κ3) is 2.30. The number of rotatable bonds is 1. The lowest BCUT2D eigenvalue weighted by Gasteiger charge is -2.29. The number of aliphatic hydroxyl groups is 1. The van der Waals surface area contributed by atoms with E-state index in [-0.39, 0.29) is 0 Å². The highest BCUT2D eigenvalue weighted by Crippen LogP contribution is 2.45. The van der Waals surface area contributed by atoms with Crippen molar-refractivity contribution in [1.29, 1.82) is 0 Å². The van der Waals surface area contributed by atoms with Crippen molar-refractivity contribution in [1.82, 2.24) is 0 Å². The second-order valence-corrected chi connectivity index (χ2v) is 5.96. The molecule has 0 saturated heterocycles. The van der Waals surface area contributed by atoms with Crippen LogP contribution in [0, 0.1) is 0 Å². The van der Waals surface area contributed by atoms with Gasteiger partial charge in [-0.05, 0) is 67.4 Å². The van der Waals surface area contributed by atoms with Crippen LogP contribution in [0.4, 0.5) is 5.69 Å². The Balaban J connectivity index is 1.96. The minimum Gasteiger partial charge on any atom is -0.399 e. The number of nitrogens with two attached hydrogens (primary N) is 1. The first-order chi connectivity index (χ1) is 9.20. The van der Waals surface area contributed by atoms with E-state index < -0.39 is 5.60 Å². The Kier molecular flexibility index (Phi) is 3.36. The molecule has 2 nitrogen and oxygen atoms in total. The predicted molar refractivity (Wildman–Crippen MR) is 78.9 cm³/mol. The number of hydrogen-bond acceptors (Lipinski definition) is 2. The number of anilines is 1. The van der Waals surface area contributed by atoms with Crippen LogP contribution >= 0.6 is 0 Å². The summed E-state index contributed by atoms with van der Waals surface area (Å²) in [5.41, 5.74) is 9.49. The summed E-state index contributed by atoms with van der Waals surface area (Å²) in [4.78, 5) is 0. The first kappa shape index (κ1) is 12.7. The van der Waals surface area contributed by atoms with E-state index in [1.807, 2.05) is 18.2 Å². The van der Waals surface area contributed by atoms with Crippen LogP contribution in [0.5, 0.6) is 0 Å². The molecule has 0 amide bonds. The van der Waals surface area contributed by atoms with Gasteiger partial charge in [-0.15, -0.1) is 0 Å². The molecule has 102 valence electrons. The molecule has 0 aliphatic heterocycles. The fourth-order valence-electron chi connectivity index (χ4n) is 3.58. The van der Waals surface area contributed by atoms with Crippen molar-refractivity contribution in [3.05, 3.63) is 41.0 Å². The Morgan fingerprint density at radius 2 is 1.89 bits per heavy atom. The van der Waals surface area contributed by atoms with Crippen molar-refractivity contribution in [2.45, 2.75) is 57.0 Å². The van der Waals surface area contributed by atoms with Crippen LogP contribution in [0.2, 0.25) is 0 Å². The molecule has 1 aromatic rings. The van der Waals surface area contributed by atoms with Gasteiger partial charge >= 0.3 is 0 Å². The van der Waals surface area contributed by atoms with Crippen molar-refractivity contribution >= 4 is 5.69 Å². The summed E-state index contributed by atoms with van der Waals surface area (Å²) in [5, 5.41) is 11.2. The van der Waals surface area contributed by atoms with Gasteiger partial charge in [-0.1, -0.05) is 25.0 Å². The molecule has 0 radical (unpaired) electrons. The van der Waals surface area contributed by atoms with E-state index in [0.29, 0.717) is 0 Å². The Bertz CT molecular complexity index is 506. The van der Waals surface area contributed by atoms with Gasteiger partial charge in [-0.25, -0.2) is 0 Å². The summed E-state index contributed by atoms with van der Waals surface area (Å²) in [6.07, 6.45) is 11.3. The number of fused-ring (bicyclic) bond motifs is 1. The van der Waals surface area contributed by atoms with Gasteiger partial charge in [0, 0.05) is 5.69 Å². The number of aryl methyl sites for hydroxylation is 1. The average molecular weight is 257 g/mol. The Hall–Kier alpha value is -1.28. The summed E-state index contributed by atoms with van der Waals surface area (Å²) in [6.45, 7) is 0. The van der Waals surface area contributed by atoms with Crippen LogP contribution < -0.4 is 5.73 Å². The summed E-state index contributed by atoms with van der Waals surface area (Å²) in [7, 11) is 0. The van der Waals surface area contributed by atoms with Crippen LogP contribution in [0.15, 0.2) is 29.8 Å². The smallest absolute Gasteiger partial charge is 0.111 e. The van der Waals surface area contributed by atoms with E-state index in [1.54, 1.807) is 0 Å². The molecular formula is C17H23NO. The SMILES string of the molecule is Nc1ccc2c(c1)CCC2(O)/C1=C/CCCCCC1. The minimum atomic E-state index is -0.722. The summed E-state index contributed by atoms with van der Waals surface area (Å²) < 4.78 is 0. The number of hydrogen-bond donors (Lipinski definition) is 2. The summed E-state index contributed by atoms with van der Waals surface area (Å²) in [6, 6.07) is 5.96. The third-order valence-electron chi connectivity index (χ3n) is 4.65. The van der Waals surface area contributed by atoms with Crippen LogP contribution in [0.1, 0.15) is 56.1 Å². The highest BCUT2D eigenvalue weighted by Gasteiger charge is 2.39. The Morgan fingerprint density at radius 3 is 2.79 bits per heavy atom. The molecule has 1 aromatic carbocycles. The van der Waals surface area contributed by atoms with Crippen LogP contribution in [0.3, 0.4) is 0 Å². The fourth-order valence-corrected chi connectivity index (χ4v) is 3.58. The second-order valence-electron chi connectivity index (χ2n) is 5.96. The molecule has 3 rings (SSSR count). The molecule has 0 bridgehead atoms. The molecule has 2 aliphatic rings. The lowest BCUT2D eigenvalue weighted by atomic mass is 9.82. The molecular weight excluding hydrogens is 234 g/mol. The highest BCUT2D eigenvalue weighted by atomic mass is 16.3. The van der Waals surface area contributed by atoms with Crippen LogP contribution in [-0.4, -0.2) is 5.11 Å². The van der Waals surface area contributed by atoms with Crippen molar-refractivity contribution in [2.75, 3.05) is 5.73 Å². The Morgan fingerprint density at radius 1 is 1.05 bits per heavy atom. The number of allylic oxidation sites excluding steroid dienone is 1. The Labute approximate surface area is 115 Å². The lowest BCUT2D eigenvalue weighted by molar-refractivity contribution is 0.0733. The first-order valence-corrected chi connectivity index (χ1v) is 7.51. The molecule has 1 unspecified atom stereocenters. The first-order valence-electron chi connectivity index (χ1n) is 7.51. The van der Waals surface area contributed by atoms with Gasteiger partial charge in [0.2, 0.25) is 0 Å². The maximum atomic E-state index is 11.2. The van der Waals surface area contributed by atoms with Gasteiger partial charge in [0.05, 0.1) is 0 Å². The largest absolute Gasteiger partial charge is 0.399 e. The average Bonchev–Trinajstić information content (AvgIpc) is 2.67. The standard InChI is InChI=1S/C17H23NO/c18-15-8-9-16-13(12-15)10-11-17(16,19)14-6-4-2-1-3-5-7-14/h6,8-9,12,19H,1-5,7,10-11,18H2/b14-6+.